The Labute approximate surface area is 90.5 Å². The lowest BCUT2D eigenvalue weighted by atomic mass is 10.2. The van der Waals surface area contributed by atoms with Crippen LogP contribution in [0.2, 0.25) is 0 Å². The summed E-state index contributed by atoms with van der Waals surface area (Å²) in [6.07, 6.45) is -1.46. The zero-order chi connectivity index (χ0) is 11.7. The summed E-state index contributed by atoms with van der Waals surface area (Å²) in [5.41, 5.74) is 4.74. The number of aromatic nitrogens is 2. The van der Waals surface area contributed by atoms with E-state index in [0.29, 0.717) is 0 Å². The lowest BCUT2D eigenvalue weighted by Crippen LogP contribution is -2.27. The Morgan fingerprint density at radius 3 is 3.06 bits per heavy atom. The van der Waals surface area contributed by atoms with Crippen LogP contribution in [0.5, 0.6) is 0 Å². The molecule has 1 saturated heterocycles. The van der Waals surface area contributed by atoms with Crippen molar-refractivity contribution in [2.24, 2.45) is 0 Å². The van der Waals surface area contributed by atoms with E-state index in [1.807, 2.05) is 0 Å². The standard InChI is InChI=1S/C9H12FN3O3/c10-5-3-8(16-6(5)4-14)13-2-1-7(11)12-9(13)15/h1-2,5-6,8,14H,3-4H2,(H2,11,12,15)/t5-,6?,8-/m1/s1. The van der Waals surface area contributed by atoms with Crippen molar-refractivity contribution in [1.82, 2.24) is 9.55 Å². The first-order valence-corrected chi connectivity index (χ1v) is 4.87. The molecule has 6 nitrogen and oxygen atoms in total. The monoisotopic (exact) mass is 229 g/mol. The van der Waals surface area contributed by atoms with E-state index in [0.717, 1.165) is 0 Å². The van der Waals surface area contributed by atoms with Gasteiger partial charge in [-0.1, -0.05) is 0 Å². The molecule has 1 aromatic rings. The molecule has 0 radical (unpaired) electrons. The van der Waals surface area contributed by atoms with Crippen LogP contribution < -0.4 is 11.4 Å². The van der Waals surface area contributed by atoms with Crippen molar-refractivity contribution >= 4 is 5.82 Å². The van der Waals surface area contributed by atoms with Crippen molar-refractivity contribution in [2.75, 3.05) is 12.3 Å². The van der Waals surface area contributed by atoms with E-state index in [-0.39, 0.29) is 12.2 Å². The second-order valence-electron chi connectivity index (χ2n) is 3.61. The molecule has 1 fully saturated rings. The third-order valence-electron chi connectivity index (χ3n) is 2.50. The maximum atomic E-state index is 13.3. The Kier molecular flexibility index (Phi) is 2.88. The largest absolute Gasteiger partial charge is 0.394 e. The highest BCUT2D eigenvalue weighted by Gasteiger charge is 2.36. The van der Waals surface area contributed by atoms with Gasteiger partial charge in [0, 0.05) is 12.6 Å². The number of alkyl halides is 1. The summed E-state index contributed by atoms with van der Waals surface area (Å²) in [7, 11) is 0. The molecule has 2 rings (SSSR count). The molecule has 0 aromatic carbocycles. The van der Waals surface area contributed by atoms with Crippen molar-refractivity contribution in [1.29, 1.82) is 0 Å². The minimum absolute atomic E-state index is 0.0245. The van der Waals surface area contributed by atoms with Gasteiger partial charge in [0.15, 0.2) is 0 Å². The lowest BCUT2D eigenvalue weighted by Gasteiger charge is -2.13. The van der Waals surface area contributed by atoms with E-state index < -0.39 is 30.8 Å². The number of hydrogen-bond acceptors (Lipinski definition) is 5. The maximum Gasteiger partial charge on any atom is 0.351 e. The molecule has 7 heteroatoms. The average Bonchev–Trinajstić information content (AvgIpc) is 2.59. The fourth-order valence-corrected chi connectivity index (χ4v) is 1.67. The smallest absolute Gasteiger partial charge is 0.351 e. The molecular formula is C9H12FN3O3. The van der Waals surface area contributed by atoms with E-state index in [2.05, 4.69) is 4.98 Å². The van der Waals surface area contributed by atoms with Gasteiger partial charge in [0.05, 0.1) is 6.61 Å². The normalized spacial score (nSPS) is 29.5. The van der Waals surface area contributed by atoms with Gasteiger partial charge < -0.3 is 15.6 Å². The van der Waals surface area contributed by atoms with Crippen LogP contribution in [0.4, 0.5) is 10.2 Å². The molecule has 0 bridgehead atoms. The molecule has 88 valence electrons. The number of hydrogen-bond donors (Lipinski definition) is 2. The number of anilines is 1. The van der Waals surface area contributed by atoms with Crippen LogP contribution in [0, 0.1) is 0 Å². The summed E-state index contributed by atoms with van der Waals surface area (Å²) >= 11 is 0. The minimum atomic E-state index is -1.28. The Hall–Kier alpha value is -1.47. The maximum absolute atomic E-state index is 13.3. The van der Waals surface area contributed by atoms with Crippen molar-refractivity contribution in [3.05, 3.63) is 22.7 Å². The molecule has 3 atom stereocenters. The molecule has 1 aliphatic rings. The van der Waals surface area contributed by atoms with Crippen LogP contribution in [-0.4, -0.2) is 33.5 Å². The predicted molar refractivity (Wildman–Crippen MR) is 53.4 cm³/mol. The number of rotatable bonds is 2. The van der Waals surface area contributed by atoms with Gasteiger partial charge in [0.2, 0.25) is 0 Å². The van der Waals surface area contributed by atoms with Crippen LogP contribution in [0.15, 0.2) is 17.1 Å². The van der Waals surface area contributed by atoms with Gasteiger partial charge in [0.25, 0.3) is 0 Å². The SMILES string of the molecule is Nc1ccn([C@H]2C[C@@H](F)C(CO)O2)c(=O)n1. The highest BCUT2D eigenvalue weighted by molar-refractivity contribution is 5.23. The van der Waals surface area contributed by atoms with E-state index in [4.69, 9.17) is 15.6 Å². The lowest BCUT2D eigenvalue weighted by molar-refractivity contribution is -0.0355. The predicted octanol–water partition coefficient (Wildman–Crippen LogP) is -0.557. The van der Waals surface area contributed by atoms with Gasteiger partial charge >= 0.3 is 5.69 Å². The summed E-state index contributed by atoms with van der Waals surface area (Å²) in [5, 5.41) is 8.83. The molecule has 0 amide bonds. The summed E-state index contributed by atoms with van der Waals surface area (Å²) in [6.45, 7) is -0.408. The zero-order valence-electron chi connectivity index (χ0n) is 8.41. The van der Waals surface area contributed by atoms with Crippen LogP contribution in [0.25, 0.3) is 0 Å². The molecule has 1 unspecified atom stereocenters. The van der Waals surface area contributed by atoms with E-state index >= 15 is 0 Å². The van der Waals surface area contributed by atoms with Crippen LogP contribution in [-0.2, 0) is 4.74 Å². The Balaban J connectivity index is 2.23. The first-order valence-electron chi connectivity index (χ1n) is 4.87. The molecule has 0 aliphatic carbocycles. The average molecular weight is 229 g/mol. The molecule has 16 heavy (non-hydrogen) atoms. The van der Waals surface area contributed by atoms with E-state index in [9.17, 15) is 9.18 Å². The van der Waals surface area contributed by atoms with Crippen LogP contribution in [0.1, 0.15) is 12.6 Å². The highest BCUT2D eigenvalue weighted by Crippen LogP contribution is 2.29. The van der Waals surface area contributed by atoms with Crippen molar-refractivity contribution in [3.63, 3.8) is 0 Å². The quantitative estimate of drug-likeness (QED) is 0.709. The Morgan fingerprint density at radius 2 is 2.50 bits per heavy atom. The summed E-state index contributed by atoms with van der Waals surface area (Å²) in [5.74, 6) is 0.106. The fraction of sp³-hybridized carbons (Fsp3) is 0.556. The zero-order valence-corrected chi connectivity index (χ0v) is 8.41. The number of halogens is 1. The van der Waals surface area contributed by atoms with Gasteiger partial charge in [-0.05, 0) is 6.07 Å². The van der Waals surface area contributed by atoms with Gasteiger partial charge in [-0.3, -0.25) is 4.57 Å². The van der Waals surface area contributed by atoms with Gasteiger partial charge in [-0.2, -0.15) is 4.98 Å². The highest BCUT2D eigenvalue weighted by atomic mass is 19.1. The second-order valence-corrected chi connectivity index (χ2v) is 3.61. The number of nitrogens with zero attached hydrogens (tertiary/aromatic N) is 2. The molecular weight excluding hydrogens is 217 g/mol. The molecule has 1 aromatic heterocycles. The first kappa shape index (κ1) is 11.0. The molecule has 2 heterocycles. The minimum Gasteiger partial charge on any atom is -0.394 e. The van der Waals surface area contributed by atoms with Gasteiger partial charge in [-0.15, -0.1) is 0 Å². The number of nitrogen functional groups attached to an aromatic ring is 1. The molecule has 0 saturated carbocycles. The van der Waals surface area contributed by atoms with Crippen molar-refractivity contribution in [2.45, 2.75) is 24.9 Å². The summed E-state index contributed by atoms with van der Waals surface area (Å²) in [6, 6.07) is 1.43. The van der Waals surface area contributed by atoms with Crippen molar-refractivity contribution < 1.29 is 14.2 Å². The van der Waals surface area contributed by atoms with Crippen LogP contribution >= 0.6 is 0 Å². The summed E-state index contributed by atoms with van der Waals surface area (Å²) in [4.78, 5) is 14.9. The van der Waals surface area contributed by atoms with Crippen molar-refractivity contribution in [3.8, 4) is 0 Å². The fourth-order valence-electron chi connectivity index (χ4n) is 1.67. The molecule has 1 aliphatic heterocycles. The van der Waals surface area contributed by atoms with E-state index in [1.54, 1.807) is 0 Å². The molecule has 0 spiro atoms. The Bertz CT molecular complexity index is 436. The van der Waals surface area contributed by atoms with Crippen LogP contribution in [0.3, 0.4) is 0 Å². The van der Waals surface area contributed by atoms with Gasteiger partial charge in [-0.25, -0.2) is 9.18 Å². The topological polar surface area (TPSA) is 90.4 Å². The number of ether oxygens (including phenoxy) is 1. The molecule has 3 N–H and O–H groups in total. The number of aliphatic hydroxyl groups is 1. The third kappa shape index (κ3) is 1.91. The van der Waals surface area contributed by atoms with E-state index in [1.165, 1.54) is 16.8 Å². The number of nitrogens with two attached hydrogens (primary N) is 1. The second kappa shape index (κ2) is 4.18. The number of aliphatic hydroxyl groups excluding tert-OH is 1. The Morgan fingerprint density at radius 1 is 1.75 bits per heavy atom. The van der Waals surface area contributed by atoms with Gasteiger partial charge in [0.1, 0.15) is 24.3 Å². The first-order chi connectivity index (χ1) is 7.61. The summed E-state index contributed by atoms with van der Waals surface area (Å²) < 4.78 is 19.6. The third-order valence-corrected chi connectivity index (χ3v) is 2.50.